The van der Waals surface area contributed by atoms with E-state index in [0.717, 1.165) is 31.3 Å². The van der Waals surface area contributed by atoms with Gasteiger partial charge in [-0.1, -0.05) is 19.4 Å². The molecule has 0 heterocycles. The first-order chi connectivity index (χ1) is 9.54. The molecule has 3 N–H and O–H groups in total. The molecule has 0 spiro atoms. The van der Waals surface area contributed by atoms with Gasteiger partial charge in [-0.15, -0.1) is 0 Å². The van der Waals surface area contributed by atoms with Crippen LogP contribution in [0.1, 0.15) is 53.4 Å². The first-order valence-electron chi connectivity index (χ1n) is 7.78. The summed E-state index contributed by atoms with van der Waals surface area (Å²) in [7, 11) is 0. The van der Waals surface area contributed by atoms with Crippen LogP contribution >= 0.6 is 0 Å². The Morgan fingerprint density at radius 1 is 1.30 bits per heavy atom. The van der Waals surface area contributed by atoms with Crippen LogP contribution in [-0.4, -0.2) is 37.6 Å². The monoisotopic (exact) mass is 284 g/mol. The molecule has 0 aromatic heterocycles. The Morgan fingerprint density at radius 3 is 2.45 bits per heavy atom. The van der Waals surface area contributed by atoms with Crippen LogP contribution < -0.4 is 11.1 Å². The van der Waals surface area contributed by atoms with Gasteiger partial charge in [0.25, 0.3) is 0 Å². The number of ketones is 1. The highest BCUT2D eigenvalue weighted by Gasteiger charge is 2.15. The van der Waals surface area contributed by atoms with Gasteiger partial charge in [0.15, 0.2) is 5.78 Å². The highest BCUT2D eigenvalue weighted by Crippen LogP contribution is 2.04. The molecule has 0 amide bonds. The zero-order valence-electron chi connectivity index (χ0n) is 13.6. The summed E-state index contributed by atoms with van der Waals surface area (Å²) in [6.45, 7) is 10.1. The lowest BCUT2D eigenvalue weighted by atomic mass is 10.0. The van der Waals surface area contributed by atoms with Gasteiger partial charge in [0, 0.05) is 6.54 Å². The number of carbonyl (C=O) groups excluding carboxylic acids is 1. The van der Waals surface area contributed by atoms with Crippen molar-refractivity contribution in [2.45, 2.75) is 65.5 Å². The van der Waals surface area contributed by atoms with Crippen molar-refractivity contribution in [2.75, 3.05) is 19.7 Å². The number of allylic oxidation sites excluding steroid dienone is 1. The third-order valence-electron chi connectivity index (χ3n) is 3.23. The van der Waals surface area contributed by atoms with E-state index in [1.165, 1.54) is 0 Å². The summed E-state index contributed by atoms with van der Waals surface area (Å²) >= 11 is 0. The van der Waals surface area contributed by atoms with Crippen LogP contribution in [0.25, 0.3) is 0 Å². The van der Waals surface area contributed by atoms with Gasteiger partial charge >= 0.3 is 0 Å². The van der Waals surface area contributed by atoms with E-state index in [1.54, 1.807) is 6.08 Å². The summed E-state index contributed by atoms with van der Waals surface area (Å²) in [5.41, 5.74) is 6.56. The maximum absolute atomic E-state index is 12.1. The van der Waals surface area contributed by atoms with Crippen molar-refractivity contribution in [3.05, 3.63) is 11.6 Å². The van der Waals surface area contributed by atoms with Crippen molar-refractivity contribution in [2.24, 2.45) is 5.73 Å². The molecule has 0 aliphatic rings. The van der Waals surface area contributed by atoms with Crippen LogP contribution in [0, 0.1) is 0 Å². The molecule has 4 heteroatoms. The molecular formula is C16H32N2O2. The number of ether oxygens (including phenoxy) is 1. The highest BCUT2D eigenvalue weighted by atomic mass is 16.5. The maximum atomic E-state index is 12.1. The number of hydrogen-bond acceptors (Lipinski definition) is 4. The highest BCUT2D eigenvalue weighted by molar-refractivity contribution is 5.94. The molecule has 0 fully saturated rings. The fraction of sp³-hybridized carbons (Fsp3) is 0.812. The molecule has 4 nitrogen and oxygen atoms in total. The van der Waals surface area contributed by atoms with Crippen molar-refractivity contribution in [1.82, 2.24) is 5.32 Å². The second-order valence-electron chi connectivity index (χ2n) is 5.37. The van der Waals surface area contributed by atoms with Gasteiger partial charge in [-0.25, -0.2) is 0 Å². The predicted molar refractivity (Wildman–Crippen MR) is 84.8 cm³/mol. The fourth-order valence-corrected chi connectivity index (χ4v) is 2.04. The fourth-order valence-electron chi connectivity index (χ4n) is 2.04. The van der Waals surface area contributed by atoms with Gasteiger partial charge in [-0.3, -0.25) is 4.79 Å². The largest absolute Gasteiger partial charge is 0.377 e. The summed E-state index contributed by atoms with van der Waals surface area (Å²) in [6, 6.07) is -0.140. The van der Waals surface area contributed by atoms with E-state index in [2.05, 4.69) is 19.2 Å². The van der Waals surface area contributed by atoms with Gasteiger partial charge < -0.3 is 15.8 Å². The quantitative estimate of drug-likeness (QED) is 0.427. The minimum absolute atomic E-state index is 0.140. The second-order valence-corrected chi connectivity index (χ2v) is 5.37. The topological polar surface area (TPSA) is 64.3 Å². The Morgan fingerprint density at radius 2 is 1.95 bits per heavy atom. The Labute approximate surface area is 124 Å². The number of rotatable bonds is 12. The summed E-state index contributed by atoms with van der Waals surface area (Å²) < 4.78 is 5.74. The molecule has 20 heavy (non-hydrogen) atoms. The lowest BCUT2D eigenvalue weighted by Crippen LogP contribution is -2.38. The lowest BCUT2D eigenvalue weighted by molar-refractivity contribution is -0.116. The van der Waals surface area contributed by atoms with E-state index in [-0.39, 0.29) is 11.8 Å². The predicted octanol–water partition coefficient (Wildman–Crippen LogP) is 2.42. The van der Waals surface area contributed by atoms with Gasteiger partial charge in [0.05, 0.1) is 18.8 Å². The average molecular weight is 284 g/mol. The van der Waals surface area contributed by atoms with Crippen LogP contribution in [-0.2, 0) is 9.53 Å². The molecule has 0 aromatic carbocycles. The van der Waals surface area contributed by atoms with Gasteiger partial charge in [0.1, 0.15) is 0 Å². The Kier molecular flexibility index (Phi) is 11.6. The third-order valence-corrected chi connectivity index (χ3v) is 3.23. The lowest BCUT2D eigenvalue weighted by Gasteiger charge is -2.18. The molecule has 1 unspecified atom stereocenters. The molecule has 0 aliphatic carbocycles. The molecule has 0 bridgehead atoms. The number of nitrogens with two attached hydrogens (primary N) is 1. The van der Waals surface area contributed by atoms with Crippen LogP contribution in [0.2, 0.25) is 0 Å². The smallest absolute Gasteiger partial charge is 0.172 e. The van der Waals surface area contributed by atoms with E-state index in [4.69, 9.17) is 10.5 Å². The summed E-state index contributed by atoms with van der Waals surface area (Å²) in [6.07, 6.45) is 5.73. The summed E-state index contributed by atoms with van der Waals surface area (Å²) in [5.74, 6) is 0.140. The second kappa shape index (κ2) is 12.1. The standard InChI is InChI=1S/C16H32N2O2/c1-5-14(6-2)20-11-10-18-15(8-7-9-17)16(19)12-13(3)4/h12,14-15,18H,5-11,17H2,1-4H3. The van der Waals surface area contributed by atoms with Crippen LogP contribution in [0.5, 0.6) is 0 Å². The van der Waals surface area contributed by atoms with Gasteiger partial charge in [-0.2, -0.15) is 0 Å². The molecule has 0 aliphatic heterocycles. The van der Waals surface area contributed by atoms with Crippen molar-refractivity contribution in [1.29, 1.82) is 0 Å². The van der Waals surface area contributed by atoms with E-state index in [9.17, 15) is 4.79 Å². The molecule has 0 radical (unpaired) electrons. The molecule has 0 saturated carbocycles. The van der Waals surface area contributed by atoms with Crippen LogP contribution in [0.3, 0.4) is 0 Å². The average Bonchev–Trinajstić information content (AvgIpc) is 2.41. The van der Waals surface area contributed by atoms with Crippen molar-refractivity contribution >= 4 is 5.78 Å². The normalized spacial score (nSPS) is 12.5. The van der Waals surface area contributed by atoms with Crippen molar-refractivity contribution in [3.63, 3.8) is 0 Å². The SMILES string of the molecule is CCC(CC)OCCNC(CCCN)C(=O)C=C(C)C. The third kappa shape index (κ3) is 9.23. The van der Waals surface area contributed by atoms with E-state index < -0.39 is 0 Å². The Balaban J connectivity index is 4.16. The molecule has 118 valence electrons. The molecular weight excluding hydrogens is 252 g/mol. The Bertz CT molecular complexity index is 282. The van der Waals surface area contributed by atoms with E-state index in [1.807, 2.05) is 13.8 Å². The molecule has 1 atom stereocenters. The Hall–Kier alpha value is -0.710. The van der Waals surface area contributed by atoms with Gasteiger partial charge in [0.2, 0.25) is 0 Å². The van der Waals surface area contributed by atoms with Crippen LogP contribution in [0.4, 0.5) is 0 Å². The minimum atomic E-state index is -0.140. The zero-order valence-corrected chi connectivity index (χ0v) is 13.6. The number of hydrogen-bond donors (Lipinski definition) is 2. The first-order valence-corrected chi connectivity index (χ1v) is 7.78. The van der Waals surface area contributed by atoms with Crippen molar-refractivity contribution in [3.8, 4) is 0 Å². The van der Waals surface area contributed by atoms with Crippen LogP contribution in [0.15, 0.2) is 11.6 Å². The molecule has 0 saturated heterocycles. The minimum Gasteiger partial charge on any atom is -0.377 e. The molecule has 0 aromatic rings. The number of carbonyl (C=O) groups is 1. The number of nitrogens with one attached hydrogen (secondary N) is 1. The first kappa shape index (κ1) is 19.3. The zero-order chi connectivity index (χ0) is 15.4. The maximum Gasteiger partial charge on any atom is 0.172 e. The summed E-state index contributed by atoms with van der Waals surface area (Å²) in [4.78, 5) is 12.1. The molecule has 0 rings (SSSR count). The van der Waals surface area contributed by atoms with E-state index in [0.29, 0.717) is 25.8 Å². The summed E-state index contributed by atoms with van der Waals surface area (Å²) in [5, 5.41) is 3.29. The van der Waals surface area contributed by atoms with Gasteiger partial charge in [-0.05, 0) is 52.2 Å². The van der Waals surface area contributed by atoms with Crippen molar-refractivity contribution < 1.29 is 9.53 Å². The van der Waals surface area contributed by atoms with E-state index >= 15 is 0 Å².